The predicted molar refractivity (Wildman–Crippen MR) is 47.5 cm³/mol. The summed E-state index contributed by atoms with van der Waals surface area (Å²) >= 11 is 5.69. The van der Waals surface area contributed by atoms with E-state index < -0.39 is 12.0 Å². The molecule has 0 spiro atoms. The fraction of sp³-hybridized carbons (Fsp3) is 0.429. The molecule has 6 heteroatoms. The summed E-state index contributed by atoms with van der Waals surface area (Å²) in [5, 5.41) is 8.82. The molecule has 0 aliphatic carbocycles. The minimum absolute atomic E-state index is 0.150. The van der Waals surface area contributed by atoms with E-state index in [1.54, 1.807) is 4.57 Å². The molecule has 0 fully saturated rings. The van der Waals surface area contributed by atoms with E-state index in [2.05, 4.69) is 4.98 Å². The van der Waals surface area contributed by atoms with E-state index >= 15 is 0 Å². The molecule has 0 bridgehead atoms. The molecule has 13 heavy (non-hydrogen) atoms. The van der Waals surface area contributed by atoms with Gasteiger partial charge >= 0.3 is 5.97 Å². The average Bonchev–Trinajstić information content (AvgIpc) is 2.45. The molecule has 1 unspecified atom stereocenters. The highest BCUT2D eigenvalue weighted by atomic mass is 35.5. The Labute approximate surface area is 80.1 Å². The molecule has 1 heterocycles. The molecule has 72 valence electrons. The number of imidazole rings is 1. The molecular formula is C7H10ClN3O2. The van der Waals surface area contributed by atoms with Crippen LogP contribution >= 0.6 is 11.6 Å². The summed E-state index contributed by atoms with van der Waals surface area (Å²) in [4.78, 5) is 14.4. The Morgan fingerprint density at radius 1 is 1.92 bits per heavy atom. The van der Waals surface area contributed by atoms with Gasteiger partial charge in [0.2, 0.25) is 0 Å². The van der Waals surface area contributed by atoms with Gasteiger partial charge in [0, 0.05) is 6.54 Å². The van der Waals surface area contributed by atoms with Gasteiger partial charge in [-0.25, -0.2) is 4.98 Å². The highest BCUT2D eigenvalue weighted by Gasteiger charge is 2.22. The lowest BCUT2D eigenvalue weighted by atomic mass is 10.2. The molecular weight excluding hydrogens is 194 g/mol. The van der Waals surface area contributed by atoms with Crippen molar-refractivity contribution in [1.82, 2.24) is 9.55 Å². The first-order valence-electron chi connectivity index (χ1n) is 3.76. The number of hydrogen-bond acceptors (Lipinski definition) is 3. The van der Waals surface area contributed by atoms with Gasteiger partial charge in [0.1, 0.15) is 6.04 Å². The van der Waals surface area contributed by atoms with Crippen LogP contribution < -0.4 is 5.73 Å². The number of aliphatic carboxylic acids is 1. The minimum atomic E-state index is -1.12. The number of aromatic nitrogens is 2. The topological polar surface area (TPSA) is 81.1 Å². The van der Waals surface area contributed by atoms with Crippen molar-refractivity contribution in [2.24, 2.45) is 5.73 Å². The van der Waals surface area contributed by atoms with Crippen molar-refractivity contribution < 1.29 is 9.90 Å². The molecule has 1 aromatic heterocycles. The maximum Gasteiger partial charge on any atom is 0.326 e. The van der Waals surface area contributed by atoms with E-state index in [-0.39, 0.29) is 5.15 Å². The number of aryl methyl sites for hydroxylation is 1. The van der Waals surface area contributed by atoms with Crippen LogP contribution in [0.25, 0.3) is 0 Å². The molecule has 1 atom stereocenters. The molecule has 3 N–H and O–H groups in total. The molecule has 1 aromatic rings. The minimum Gasteiger partial charge on any atom is -0.480 e. The first-order valence-corrected chi connectivity index (χ1v) is 4.14. The summed E-state index contributed by atoms with van der Waals surface area (Å²) in [7, 11) is 0. The molecule has 0 aliphatic heterocycles. The van der Waals surface area contributed by atoms with E-state index in [9.17, 15) is 4.79 Å². The summed E-state index contributed by atoms with van der Waals surface area (Å²) in [6.45, 7) is 2.45. The summed E-state index contributed by atoms with van der Waals surface area (Å²) in [6, 6.07) is -1.12. The maximum atomic E-state index is 10.6. The van der Waals surface area contributed by atoms with E-state index in [1.165, 1.54) is 6.33 Å². The number of nitrogens with two attached hydrogens (primary N) is 1. The number of hydrogen-bond donors (Lipinski definition) is 2. The van der Waals surface area contributed by atoms with E-state index in [0.717, 1.165) is 0 Å². The van der Waals surface area contributed by atoms with Gasteiger partial charge in [0.25, 0.3) is 0 Å². The molecule has 0 aliphatic rings. The van der Waals surface area contributed by atoms with Crippen LogP contribution in [0.5, 0.6) is 0 Å². The zero-order chi connectivity index (χ0) is 10.0. The fourth-order valence-corrected chi connectivity index (χ4v) is 1.31. The standard InChI is InChI=1S/C7H10ClN3O2/c1-2-11-3-10-6(8)5(11)4(9)7(12)13/h3-4H,2,9H2,1H3,(H,12,13). The highest BCUT2D eigenvalue weighted by Crippen LogP contribution is 2.20. The number of nitrogens with zero attached hydrogens (tertiary/aromatic N) is 2. The molecule has 5 nitrogen and oxygen atoms in total. The Morgan fingerprint density at radius 3 is 3.00 bits per heavy atom. The summed E-state index contributed by atoms with van der Waals surface area (Å²) < 4.78 is 1.61. The largest absolute Gasteiger partial charge is 0.480 e. The van der Waals surface area contributed by atoms with Crippen molar-refractivity contribution in [3.8, 4) is 0 Å². The highest BCUT2D eigenvalue weighted by molar-refractivity contribution is 6.30. The van der Waals surface area contributed by atoms with Crippen LogP contribution in [-0.2, 0) is 11.3 Å². The fourth-order valence-electron chi connectivity index (χ4n) is 1.04. The monoisotopic (exact) mass is 203 g/mol. The van der Waals surface area contributed by atoms with Crippen molar-refractivity contribution in [2.75, 3.05) is 0 Å². The first-order chi connectivity index (χ1) is 6.07. The van der Waals surface area contributed by atoms with Gasteiger partial charge in [-0.1, -0.05) is 11.6 Å². The molecule has 0 amide bonds. The third kappa shape index (κ3) is 1.81. The van der Waals surface area contributed by atoms with Crippen LogP contribution in [0.1, 0.15) is 18.7 Å². The van der Waals surface area contributed by atoms with Gasteiger partial charge in [-0.05, 0) is 6.92 Å². The summed E-state index contributed by atoms with van der Waals surface area (Å²) in [6.07, 6.45) is 1.47. The van der Waals surface area contributed by atoms with Gasteiger partial charge in [-0.3, -0.25) is 4.79 Å². The van der Waals surface area contributed by atoms with Crippen LogP contribution in [0.4, 0.5) is 0 Å². The van der Waals surface area contributed by atoms with Gasteiger partial charge in [-0.2, -0.15) is 0 Å². The van der Waals surface area contributed by atoms with Crippen molar-refractivity contribution in [1.29, 1.82) is 0 Å². The Kier molecular flexibility index (Phi) is 2.90. The second kappa shape index (κ2) is 3.76. The number of carbonyl (C=O) groups is 1. The second-order valence-corrected chi connectivity index (χ2v) is 2.88. The first kappa shape index (κ1) is 10.0. The average molecular weight is 204 g/mol. The second-order valence-electron chi connectivity index (χ2n) is 2.52. The van der Waals surface area contributed by atoms with E-state index in [0.29, 0.717) is 12.2 Å². The van der Waals surface area contributed by atoms with Gasteiger partial charge in [0.15, 0.2) is 5.15 Å². The van der Waals surface area contributed by atoms with Crippen LogP contribution in [0.15, 0.2) is 6.33 Å². The lowest BCUT2D eigenvalue weighted by molar-refractivity contribution is -0.138. The van der Waals surface area contributed by atoms with Crippen molar-refractivity contribution in [3.63, 3.8) is 0 Å². The Balaban J connectivity index is 3.10. The summed E-state index contributed by atoms with van der Waals surface area (Å²) in [5.74, 6) is -1.11. The zero-order valence-corrected chi connectivity index (χ0v) is 7.82. The van der Waals surface area contributed by atoms with Gasteiger partial charge in [-0.15, -0.1) is 0 Å². The predicted octanol–water partition coefficient (Wildman–Crippen LogP) is 0.641. The van der Waals surface area contributed by atoms with Crippen LogP contribution in [0, 0.1) is 0 Å². The summed E-state index contributed by atoms with van der Waals surface area (Å²) in [5.41, 5.74) is 5.76. The van der Waals surface area contributed by atoms with Gasteiger partial charge in [0.05, 0.1) is 12.0 Å². The quantitative estimate of drug-likeness (QED) is 0.756. The molecule has 0 radical (unpaired) electrons. The van der Waals surface area contributed by atoms with Crippen LogP contribution in [0.2, 0.25) is 5.15 Å². The third-order valence-corrected chi connectivity index (χ3v) is 2.02. The smallest absolute Gasteiger partial charge is 0.326 e. The van der Waals surface area contributed by atoms with Gasteiger partial charge < -0.3 is 15.4 Å². The maximum absolute atomic E-state index is 10.6. The zero-order valence-electron chi connectivity index (χ0n) is 7.07. The normalized spacial score (nSPS) is 12.8. The lowest BCUT2D eigenvalue weighted by Gasteiger charge is -2.09. The van der Waals surface area contributed by atoms with Crippen molar-refractivity contribution in [2.45, 2.75) is 19.5 Å². The number of carboxylic acids is 1. The molecule has 0 saturated carbocycles. The Hall–Kier alpha value is -1.07. The van der Waals surface area contributed by atoms with Crippen LogP contribution in [-0.4, -0.2) is 20.6 Å². The van der Waals surface area contributed by atoms with Crippen molar-refractivity contribution in [3.05, 3.63) is 17.2 Å². The molecule has 0 saturated heterocycles. The lowest BCUT2D eigenvalue weighted by Crippen LogP contribution is -2.23. The van der Waals surface area contributed by atoms with E-state index in [1.807, 2.05) is 6.92 Å². The molecule has 1 rings (SSSR count). The van der Waals surface area contributed by atoms with Crippen LogP contribution in [0.3, 0.4) is 0 Å². The van der Waals surface area contributed by atoms with E-state index in [4.69, 9.17) is 22.4 Å². The molecule has 0 aromatic carbocycles. The number of halogens is 1. The Bertz CT molecular complexity index is 324. The van der Waals surface area contributed by atoms with Crippen molar-refractivity contribution >= 4 is 17.6 Å². The SMILES string of the molecule is CCn1cnc(Cl)c1C(N)C(=O)O. The third-order valence-electron chi connectivity index (χ3n) is 1.73. The Morgan fingerprint density at radius 2 is 2.54 bits per heavy atom. The number of rotatable bonds is 3. The number of carboxylic acid groups (broad SMARTS) is 1.